The van der Waals surface area contributed by atoms with E-state index in [0.29, 0.717) is 5.92 Å². The quantitative estimate of drug-likeness (QED) is 0.102. The third-order valence-electron chi connectivity index (χ3n) is 10.7. The zero-order valence-electron chi connectivity index (χ0n) is 30.4. The Morgan fingerprint density at radius 2 is 1.11 bits per heavy atom. The Labute approximate surface area is 327 Å². The molecular formula is C50H42N4S. The standard InChI is InChI=1S/C50H42N4S/c51-48(36-22-12-4-13-23-36)55-49(52)39-27-29-41-43(31-39)47(35-20-10-3-11-21-35)40-28-26-38(30-42(40)46(41)34-18-8-2-9-19-34)45-32-44(33-16-6-1-7-17-33)53-50(54-45)37-24-14-5-15-25-37/h1-16,18-33,44,48-49H,17,51-52H2,(H,53,54). The zero-order chi connectivity index (χ0) is 37.1. The van der Waals surface area contributed by atoms with Gasteiger partial charge in [-0.15, -0.1) is 11.8 Å². The molecule has 0 saturated heterocycles. The molecule has 1 heterocycles. The summed E-state index contributed by atoms with van der Waals surface area (Å²) in [7, 11) is 0. The molecule has 0 amide bonds. The van der Waals surface area contributed by atoms with Gasteiger partial charge < -0.3 is 16.8 Å². The van der Waals surface area contributed by atoms with Crippen LogP contribution in [0.1, 0.15) is 39.4 Å². The summed E-state index contributed by atoms with van der Waals surface area (Å²) in [5.74, 6) is 1.22. The maximum absolute atomic E-state index is 6.95. The average molecular weight is 731 g/mol. The second kappa shape index (κ2) is 15.4. The summed E-state index contributed by atoms with van der Waals surface area (Å²) in [6.07, 6.45) is 12.1. The van der Waals surface area contributed by atoms with Crippen LogP contribution in [0.15, 0.2) is 193 Å². The van der Waals surface area contributed by atoms with Crippen LogP contribution in [0.4, 0.5) is 0 Å². The molecule has 0 saturated carbocycles. The van der Waals surface area contributed by atoms with Gasteiger partial charge in [-0.1, -0.05) is 170 Å². The summed E-state index contributed by atoms with van der Waals surface area (Å²) in [5, 5.41) is 7.92. The van der Waals surface area contributed by atoms with Crippen molar-refractivity contribution in [3.8, 4) is 22.3 Å². The second-order valence-electron chi connectivity index (χ2n) is 14.2. The van der Waals surface area contributed by atoms with Crippen LogP contribution in [-0.2, 0) is 0 Å². The van der Waals surface area contributed by atoms with Gasteiger partial charge in [0.05, 0.1) is 22.5 Å². The van der Waals surface area contributed by atoms with Crippen molar-refractivity contribution in [2.24, 2.45) is 22.4 Å². The fourth-order valence-corrected chi connectivity index (χ4v) is 8.87. The van der Waals surface area contributed by atoms with E-state index in [1.54, 1.807) is 11.8 Å². The fourth-order valence-electron chi connectivity index (χ4n) is 7.93. The van der Waals surface area contributed by atoms with Crippen LogP contribution in [0.3, 0.4) is 0 Å². The number of thioether (sulfide) groups is 1. The molecule has 4 nitrogen and oxygen atoms in total. The topological polar surface area (TPSA) is 76.4 Å². The molecule has 0 fully saturated rings. The third kappa shape index (κ3) is 7.06. The number of nitrogens with zero attached hydrogens (tertiary/aromatic N) is 1. The molecule has 5 heteroatoms. The van der Waals surface area contributed by atoms with E-state index in [2.05, 4.69) is 169 Å². The van der Waals surface area contributed by atoms with Gasteiger partial charge in [-0.05, 0) is 79.6 Å². The van der Waals surface area contributed by atoms with Crippen molar-refractivity contribution in [3.05, 3.63) is 210 Å². The largest absolute Gasteiger partial charge is 0.363 e. The van der Waals surface area contributed by atoms with E-state index < -0.39 is 0 Å². The van der Waals surface area contributed by atoms with Crippen molar-refractivity contribution in [3.63, 3.8) is 0 Å². The first-order valence-corrected chi connectivity index (χ1v) is 19.9. The lowest BCUT2D eigenvalue weighted by atomic mass is 9.84. The van der Waals surface area contributed by atoms with Crippen molar-refractivity contribution in [2.75, 3.05) is 0 Å². The maximum atomic E-state index is 6.95. The molecule has 7 aromatic rings. The highest BCUT2D eigenvalue weighted by atomic mass is 32.2. The molecule has 4 atom stereocenters. The molecule has 0 aromatic heterocycles. The molecule has 268 valence electrons. The summed E-state index contributed by atoms with van der Waals surface area (Å²) in [4.78, 5) is 5.29. The molecule has 5 N–H and O–H groups in total. The first kappa shape index (κ1) is 34.8. The number of nitrogens with two attached hydrogens (primary N) is 2. The minimum Gasteiger partial charge on any atom is -0.363 e. The molecule has 4 unspecified atom stereocenters. The maximum Gasteiger partial charge on any atom is 0.134 e. The van der Waals surface area contributed by atoms with Gasteiger partial charge in [0.25, 0.3) is 0 Å². The van der Waals surface area contributed by atoms with Crippen LogP contribution in [0.25, 0.3) is 49.5 Å². The Bertz CT molecular complexity index is 2600. The predicted octanol–water partition coefficient (Wildman–Crippen LogP) is 11.6. The van der Waals surface area contributed by atoms with Crippen molar-refractivity contribution in [2.45, 2.75) is 23.2 Å². The Morgan fingerprint density at radius 3 is 1.73 bits per heavy atom. The van der Waals surface area contributed by atoms with Gasteiger partial charge in [0, 0.05) is 17.0 Å². The number of aliphatic imine (C=N–C) groups is 1. The first-order valence-electron chi connectivity index (χ1n) is 18.9. The lowest BCUT2D eigenvalue weighted by Gasteiger charge is -2.29. The van der Waals surface area contributed by atoms with Gasteiger partial charge >= 0.3 is 0 Å². The summed E-state index contributed by atoms with van der Waals surface area (Å²) in [6, 6.07) is 55.8. The minimum absolute atomic E-state index is 0.0974. The smallest absolute Gasteiger partial charge is 0.134 e. The highest BCUT2D eigenvalue weighted by molar-refractivity contribution is 7.99. The molecule has 0 bridgehead atoms. The molecule has 0 spiro atoms. The molecule has 9 rings (SSSR count). The van der Waals surface area contributed by atoms with Crippen LogP contribution < -0.4 is 16.8 Å². The highest BCUT2D eigenvalue weighted by Gasteiger charge is 2.26. The summed E-state index contributed by atoms with van der Waals surface area (Å²) in [5.41, 5.74) is 23.6. The Kier molecular flexibility index (Phi) is 9.74. The summed E-state index contributed by atoms with van der Waals surface area (Å²) < 4.78 is 0. The summed E-state index contributed by atoms with van der Waals surface area (Å²) >= 11 is 1.57. The monoisotopic (exact) mass is 730 g/mol. The molecule has 0 radical (unpaired) electrons. The van der Waals surface area contributed by atoms with Gasteiger partial charge in [-0.3, -0.25) is 0 Å². The van der Waals surface area contributed by atoms with Gasteiger partial charge in [-0.2, -0.15) is 0 Å². The molecular weight excluding hydrogens is 689 g/mol. The van der Waals surface area contributed by atoms with E-state index in [1.165, 1.54) is 27.3 Å². The van der Waals surface area contributed by atoms with E-state index in [-0.39, 0.29) is 16.8 Å². The van der Waals surface area contributed by atoms with Crippen LogP contribution in [0.2, 0.25) is 0 Å². The molecule has 2 aliphatic rings. The number of hydrogen-bond acceptors (Lipinski definition) is 5. The number of allylic oxidation sites excluding steroid dienone is 3. The first-order chi connectivity index (χ1) is 27.1. The number of nitrogens with one attached hydrogen (secondary N) is 1. The van der Waals surface area contributed by atoms with E-state index in [4.69, 9.17) is 16.5 Å². The third-order valence-corrected chi connectivity index (χ3v) is 11.8. The molecule has 7 aromatic carbocycles. The molecule has 1 aliphatic carbocycles. The molecule has 55 heavy (non-hydrogen) atoms. The zero-order valence-corrected chi connectivity index (χ0v) is 31.2. The van der Waals surface area contributed by atoms with E-state index >= 15 is 0 Å². The Morgan fingerprint density at radius 1 is 0.545 bits per heavy atom. The van der Waals surface area contributed by atoms with Crippen molar-refractivity contribution in [1.29, 1.82) is 0 Å². The SMILES string of the molecule is NC(SC(N)c1ccc2c(-c3ccccc3)c3cc(C4=CC(C5C=CC=CC5)NC(c5ccccc5)=N4)ccc3c(-c3ccccc3)c2c1)c1ccccc1. The number of rotatable bonds is 9. The van der Waals surface area contributed by atoms with Gasteiger partial charge in [0.2, 0.25) is 0 Å². The number of benzene rings is 7. The average Bonchev–Trinajstić information content (AvgIpc) is 3.26. The lowest BCUT2D eigenvalue weighted by Crippen LogP contribution is -2.41. The molecule has 1 aliphatic heterocycles. The van der Waals surface area contributed by atoms with Gasteiger partial charge in [-0.25, -0.2) is 4.99 Å². The van der Waals surface area contributed by atoms with Crippen LogP contribution in [-0.4, -0.2) is 11.9 Å². The number of amidine groups is 1. The van der Waals surface area contributed by atoms with Gasteiger partial charge in [0.1, 0.15) is 5.84 Å². The van der Waals surface area contributed by atoms with Crippen LogP contribution >= 0.6 is 11.8 Å². The van der Waals surface area contributed by atoms with Crippen LogP contribution in [0.5, 0.6) is 0 Å². The number of hydrogen-bond donors (Lipinski definition) is 3. The van der Waals surface area contributed by atoms with Gasteiger partial charge in [0.15, 0.2) is 0 Å². The second-order valence-corrected chi connectivity index (χ2v) is 15.5. The highest BCUT2D eigenvalue weighted by Crippen LogP contribution is 2.46. The summed E-state index contributed by atoms with van der Waals surface area (Å²) in [6.45, 7) is 0. The normalized spacial score (nSPS) is 17.7. The predicted molar refractivity (Wildman–Crippen MR) is 234 cm³/mol. The number of fused-ring (bicyclic) bond motifs is 2. The minimum atomic E-state index is -0.313. The fraction of sp³-hybridized carbons (Fsp3) is 0.100. The Balaban J connectivity index is 1.25. The van der Waals surface area contributed by atoms with Crippen molar-refractivity contribution >= 4 is 44.8 Å². The van der Waals surface area contributed by atoms with Crippen molar-refractivity contribution in [1.82, 2.24) is 5.32 Å². The van der Waals surface area contributed by atoms with E-state index in [1.807, 2.05) is 24.3 Å². The van der Waals surface area contributed by atoms with E-state index in [9.17, 15) is 0 Å². The van der Waals surface area contributed by atoms with Crippen molar-refractivity contribution < 1.29 is 0 Å². The van der Waals surface area contributed by atoms with Crippen LogP contribution in [0, 0.1) is 5.92 Å². The Hall–Kier alpha value is -5.98. The lowest BCUT2D eigenvalue weighted by molar-refractivity contribution is 0.535. The van der Waals surface area contributed by atoms with E-state index in [0.717, 1.165) is 56.7 Å².